The Balaban J connectivity index is 2.12. The predicted molar refractivity (Wildman–Crippen MR) is 83.0 cm³/mol. The average Bonchev–Trinajstić information content (AvgIpc) is 2.54. The first-order chi connectivity index (χ1) is 10.3. The van der Waals surface area contributed by atoms with Crippen molar-refractivity contribution in [1.29, 1.82) is 0 Å². The molecule has 0 N–H and O–H groups in total. The number of carbonyl (C=O) groups is 1. The lowest BCUT2D eigenvalue weighted by atomic mass is 10.2. The number of anilines is 1. The van der Waals surface area contributed by atoms with Gasteiger partial charge in [0.15, 0.2) is 0 Å². The van der Waals surface area contributed by atoms with Gasteiger partial charge in [-0.1, -0.05) is 36.4 Å². The SMILES string of the molecule is CCOCCC(=O)N(Cc1ccccc1)c1ccccn1. The Hall–Kier alpha value is -2.20. The van der Waals surface area contributed by atoms with Crippen molar-refractivity contribution in [2.45, 2.75) is 19.9 Å². The number of aromatic nitrogens is 1. The number of pyridine rings is 1. The van der Waals surface area contributed by atoms with Gasteiger partial charge in [0.25, 0.3) is 0 Å². The van der Waals surface area contributed by atoms with Crippen molar-refractivity contribution >= 4 is 11.7 Å². The molecule has 0 aliphatic carbocycles. The minimum Gasteiger partial charge on any atom is -0.381 e. The van der Waals surface area contributed by atoms with E-state index in [9.17, 15) is 4.79 Å². The van der Waals surface area contributed by atoms with E-state index in [-0.39, 0.29) is 5.91 Å². The number of hydrogen-bond acceptors (Lipinski definition) is 3. The van der Waals surface area contributed by atoms with Gasteiger partial charge in [-0.05, 0) is 24.6 Å². The summed E-state index contributed by atoms with van der Waals surface area (Å²) in [6.07, 6.45) is 2.06. The zero-order valence-electron chi connectivity index (χ0n) is 12.2. The largest absolute Gasteiger partial charge is 0.381 e. The molecule has 1 heterocycles. The molecule has 0 spiro atoms. The molecule has 0 aliphatic rings. The quantitative estimate of drug-likeness (QED) is 0.734. The highest BCUT2D eigenvalue weighted by Gasteiger charge is 2.16. The fourth-order valence-electron chi connectivity index (χ4n) is 2.02. The fraction of sp³-hybridized carbons (Fsp3) is 0.294. The summed E-state index contributed by atoms with van der Waals surface area (Å²) in [6.45, 7) is 3.50. The Kier molecular flexibility index (Phi) is 5.91. The molecule has 21 heavy (non-hydrogen) atoms. The normalized spacial score (nSPS) is 10.3. The number of rotatable bonds is 7. The van der Waals surface area contributed by atoms with Crippen LogP contribution in [0.5, 0.6) is 0 Å². The van der Waals surface area contributed by atoms with Crippen LogP contribution in [-0.2, 0) is 16.1 Å². The van der Waals surface area contributed by atoms with Crippen LogP contribution in [0.2, 0.25) is 0 Å². The first-order valence-corrected chi connectivity index (χ1v) is 7.14. The van der Waals surface area contributed by atoms with Gasteiger partial charge in [-0.25, -0.2) is 4.98 Å². The molecule has 0 unspecified atom stereocenters. The second-order valence-electron chi connectivity index (χ2n) is 4.60. The Morgan fingerprint density at radius 1 is 1.14 bits per heavy atom. The summed E-state index contributed by atoms with van der Waals surface area (Å²) in [7, 11) is 0. The Bertz CT molecular complexity index is 543. The molecule has 110 valence electrons. The van der Waals surface area contributed by atoms with Gasteiger partial charge in [0.2, 0.25) is 5.91 Å². The van der Waals surface area contributed by atoms with Crippen molar-refractivity contribution in [2.24, 2.45) is 0 Å². The Labute approximate surface area is 125 Å². The average molecular weight is 284 g/mol. The van der Waals surface area contributed by atoms with E-state index in [1.165, 1.54) is 0 Å². The van der Waals surface area contributed by atoms with Crippen LogP contribution >= 0.6 is 0 Å². The third-order valence-corrected chi connectivity index (χ3v) is 3.07. The smallest absolute Gasteiger partial charge is 0.230 e. The maximum atomic E-state index is 12.4. The number of hydrogen-bond donors (Lipinski definition) is 0. The van der Waals surface area contributed by atoms with Crippen molar-refractivity contribution in [3.8, 4) is 0 Å². The molecule has 0 aliphatic heterocycles. The van der Waals surface area contributed by atoms with E-state index in [1.54, 1.807) is 11.1 Å². The van der Waals surface area contributed by atoms with Gasteiger partial charge in [0.1, 0.15) is 5.82 Å². The number of ether oxygens (including phenoxy) is 1. The molecule has 2 rings (SSSR count). The highest BCUT2D eigenvalue weighted by molar-refractivity contribution is 5.92. The second kappa shape index (κ2) is 8.17. The highest BCUT2D eigenvalue weighted by Crippen LogP contribution is 2.15. The third-order valence-electron chi connectivity index (χ3n) is 3.07. The summed E-state index contributed by atoms with van der Waals surface area (Å²) in [5.41, 5.74) is 1.08. The Morgan fingerprint density at radius 3 is 2.57 bits per heavy atom. The van der Waals surface area contributed by atoms with E-state index in [0.29, 0.717) is 32.0 Å². The number of amides is 1. The molecule has 1 aromatic heterocycles. The van der Waals surface area contributed by atoms with Crippen LogP contribution in [0.4, 0.5) is 5.82 Å². The maximum absolute atomic E-state index is 12.4. The molecule has 0 fully saturated rings. The summed E-state index contributed by atoms with van der Waals surface area (Å²) in [4.78, 5) is 18.4. The molecule has 1 aromatic carbocycles. The van der Waals surface area contributed by atoms with Crippen molar-refractivity contribution in [2.75, 3.05) is 18.1 Å². The van der Waals surface area contributed by atoms with Gasteiger partial charge in [-0.3, -0.25) is 9.69 Å². The van der Waals surface area contributed by atoms with Crippen molar-refractivity contribution in [1.82, 2.24) is 4.98 Å². The van der Waals surface area contributed by atoms with Gasteiger partial charge < -0.3 is 4.74 Å². The molecular formula is C17H20N2O2. The minimum absolute atomic E-state index is 0.0194. The molecule has 4 nitrogen and oxygen atoms in total. The number of benzene rings is 1. The van der Waals surface area contributed by atoms with Crippen LogP contribution in [-0.4, -0.2) is 24.1 Å². The highest BCUT2D eigenvalue weighted by atomic mass is 16.5. The molecule has 0 bridgehead atoms. The van der Waals surface area contributed by atoms with Crippen molar-refractivity contribution < 1.29 is 9.53 Å². The van der Waals surface area contributed by atoms with Crippen LogP contribution in [0.25, 0.3) is 0 Å². The zero-order chi connectivity index (χ0) is 14.9. The second-order valence-corrected chi connectivity index (χ2v) is 4.60. The van der Waals surface area contributed by atoms with Gasteiger partial charge >= 0.3 is 0 Å². The van der Waals surface area contributed by atoms with Crippen LogP contribution in [0.1, 0.15) is 18.9 Å². The first kappa shape index (κ1) is 15.2. The Morgan fingerprint density at radius 2 is 1.90 bits per heavy atom. The minimum atomic E-state index is 0.0194. The summed E-state index contributed by atoms with van der Waals surface area (Å²) in [5.74, 6) is 0.689. The monoisotopic (exact) mass is 284 g/mol. The lowest BCUT2D eigenvalue weighted by Crippen LogP contribution is -2.31. The number of nitrogens with zero attached hydrogens (tertiary/aromatic N) is 2. The van der Waals surface area contributed by atoms with E-state index in [2.05, 4.69) is 4.98 Å². The van der Waals surface area contributed by atoms with E-state index in [0.717, 1.165) is 5.56 Å². The summed E-state index contributed by atoms with van der Waals surface area (Å²) < 4.78 is 5.27. The summed E-state index contributed by atoms with van der Waals surface area (Å²) >= 11 is 0. The molecule has 1 amide bonds. The van der Waals surface area contributed by atoms with E-state index >= 15 is 0 Å². The molecule has 2 aromatic rings. The maximum Gasteiger partial charge on any atom is 0.230 e. The van der Waals surface area contributed by atoms with E-state index in [4.69, 9.17) is 4.74 Å². The van der Waals surface area contributed by atoms with Crippen molar-refractivity contribution in [3.63, 3.8) is 0 Å². The first-order valence-electron chi connectivity index (χ1n) is 7.14. The van der Waals surface area contributed by atoms with Crippen molar-refractivity contribution in [3.05, 3.63) is 60.3 Å². The molecule has 0 saturated carbocycles. The van der Waals surface area contributed by atoms with Gasteiger partial charge in [0.05, 0.1) is 19.6 Å². The molecule has 0 atom stereocenters. The zero-order valence-corrected chi connectivity index (χ0v) is 12.2. The van der Waals surface area contributed by atoms with E-state index < -0.39 is 0 Å². The van der Waals surface area contributed by atoms with Gasteiger partial charge in [-0.15, -0.1) is 0 Å². The molecular weight excluding hydrogens is 264 g/mol. The lowest BCUT2D eigenvalue weighted by molar-refractivity contribution is -0.119. The molecule has 4 heteroatoms. The fourth-order valence-corrected chi connectivity index (χ4v) is 2.02. The predicted octanol–water partition coefficient (Wildman–Crippen LogP) is 3.04. The van der Waals surface area contributed by atoms with Crippen LogP contribution in [0, 0.1) is 0 Å². The number of carbonyl (C=O) groups excluding carboxylic acids is 1. The molecule has 0 saturated heterocycles. The topological polar surface area (TPSA) is 42.4 Å². The standard InChI is InChI=1S/C17H20N2O2/c1-2-21-13-11-17(20)19(16-10-6-7-12-18-16)14-15-8-4-3-5-9-15/h3-10,12H,2,11,13-14H2,1H3. The van der Waals surface area contributed by atoms with Gasteiger partial charge in [0, 0.05) is 12.8 Å². The summed E-state index contributed by atoms with van der Waals surface area (Å²) in [6, 6.07) is 15.5. The lowest BCUT2D eigenvalue weighted by Gasteiger charge is -2.22. The van der Waals surface area contributed by atoms with Crippen LogP contribution in [0.15, 0.2) is 54.7 Å². The molecule has 0 radical (unpaired) electrons. The van der Waals surface area contributed by atoms with E-state index in [1.807, 2.05) is 55.5 Å². The van der Waals surface area contributed by atoms with Crippen LogP contribution < -0.4 is 4.90 Å². The van der Waals surface area contributed by atoms with Gasteiger partial charge in [-0.2, -0.15) is 0 Å². The summed E-state index contributed by atoms with van der Waals surface area (Å²) in [5, 5.41) is 0. The third kappa shape index (κ3) is 4.68. The van der Waals surface area contributed by atoms with Crippen LogP contribution in [0.3, 0.4) is 0 Å².